The lowest BCUT2D eigenvalue weighted by atomic mass is 10.0. The van der Waals surface area contributed by atoms with E-state index in [4.69, 9.17) is 21.1 Å². The second-order valence-electron chi connectivity index (χ2n) is 10.3. The van der Waals surface area contributed by atoms with Crippen LogP contribution in [0.5, 0.6) is 0 Å². The molecular formula is C28H39ClFN3O4S2. The van der Waals surface area contributed by atoms with Crippen LogP contribution < -0.4 is 0 Å². The number of morpholine rings is 1. The van der Waals surface area contributed by atoms with Gasteiger partial charge < -0.3 is 14.6 Å². The number of alkyl halides is 1. The smallest absolute Gasteiger partial charge is 0.353 e. The van der Waals surface area contributed by atoms with Crippen molar-refractivity contribution in [1.82, 2.24) is 14.9 Å². The van der Waals surface area contributed by atoms with Gasteiger partial charge in [0.05, 0.1) is 24.3 Å². The quantitative estimate of drug-likeness (QED) is 0.213. The second-order valence-corrected chi connectivity index (χ2v) is 13.2. The number of pyridine rings is 1. The number of carbonyl (C=O) groups excluding carboxylic acids is 1. The topological polar surface area (TPSA) is 84.8 Å². The molecule has 216 valence electrons. The van der Waals surface area contributed by atoms with Gasteiger partial charge in [-0.1, -0.05) is 19.8 Å². The van der Waals surface area contributed by atoms with E-state index in [2.05, 4.69) is 21.8 Å². The molecule has 2 aromatic heterocycles. The van der Waals surface area contributed by atoms with Crippen LogP contribution in [0.2, 0.25) is 0 Å². The molecule has 1 saturated heterocycles. The molecule has 0 bridgehead atoms. The fraction of sp³-hybridized carbons (Fsp3) is 0.679. The Labute approximate surface area is 243 Å². The standard InChI is InChI=1S/C28H39ClFN3O4S2/c1-2-3-6-23(34)20-16-21(18-31-17-20)38-25-19(8-9-22(25)29)5-4-7-24-32-27(30)26(39-24)28(35)37-15-12-33-10-13-36-14-11-33/h16-19,22-23,25,34H,2-15H2,1H3/t19-,22?,23?,25?/m0/s1. The Kier molecular flexibility index (Phi) is 12.3. The van der Waals surface area contributed by atoms with Crippen LogP contribution in [0.25, 0.3) is 0 Å². The molecule has 2 aromatic rings. The summed E-state index contributed by atoms with van der Waals surface area (Å²) in [5.41, 5.74) is 0.857. The third kappa shape index (κ3) is 9.10. The summed E-state index contributed by atoms with van der Waals surface area (Å²) in [6.07, 6.45) is 10.3. The maximum absolute atomic E-state index is 14.4. The summed E-state index contributed by atoms with van der Waals surface area (Å²) in [6.45, 7) is 5.94. The van der Waals surface area contributed by atoms with E-state index in [0.29, 0.717) is 37.1 Å². The minimum absolute atomic E-state index is 0.0457. The Bertz CT molecular complexity index is 1060. The molecule has 7 nitrogen and oxygen atoms in total. The predicted molar refractivity (Wildman–Crippen MR) is 153 cm³/mol. The van der Waals surface area contributed by atoms with Crippen molar-refractivity contribution in [3.05, 3.63) is 39.9 Å². The molecule has 1 N–H and O–H groups in total. The molecule has 3 heterocycles. The van der Waals surface area contributed by atoms with Gasteiger partial charge in [0.2, 0.25) is 5.95 Å². The third-order valence-electron chi connectivity index (χ3n) is 7.38. The summed E-state index contributed by atoms with van der Waals surface area (Å²) in [7, 11) is 0. The molecule has 4 rings (SSSR count). The first kappa shape index (κ1) is 30.7. The SMILES string of the molecule is CCCCC(O)c1cncc(SC2C(Cl)CC[C@@H]2CCCc2nc(F)c(C(=O)OCCN3CCOCC3)s2)c1. The number of halogens is 2. The Morgan fingerprint density at radius 2 is 2.15 bits per heavy atom. The molecular weight excluding hydrogens is 561 g/mol. The van der Waals surface area contributed by atoms with E-state index in [1.54, 1.807) is 18.0 Å². The molecule has 0 spiro atoms. The highest BCUT2D eigenvalue weighted by atomic mass is 35.5. The van der Waals surface area contributed by atoms with E-state index in [-0.39, 0.29) is 22.1 Å². The van der Waals surface area contributed by atoms with Gasteiger partial charge in [-0.25, -0.2) is 9.78 Å². The molecule has 1 saturated carbocycles. The van der Waals surface area contributed by atoms with E-state index in [1.165, 1.54) is 0 Å². The van der Waals surface area contributed by atoms with Crippen molar-refractivity contribution in [2.75, 3.05) is 39.5 Å². The van der Waals surface area contributed by atoms with E-state index >= 15 is 0 Å². The maximum Gasteiger partial charge on any atom is 0.353 e. The number of aryl methyl sites for hydroxylation is 1. The average Bonchev–Trinajstić information content (AvgIpc) is 3.49. The number of hydrogen-bond donors (Lipinski definition) is 1. The van der Waals surface area contributed by atoms with Crippen LogP contribution in [-0.2, 0) is 15.9 Å². The number of unbranched alkanes of at least 4 members (excludes halogenated alkanes) is 1. The fourth-order valence-corrected chi connectivity index (χ4v) is 7.88. The largest absolute Gasteiger partial charge is 0.460 e. The van der Waals surface area contributed by atoms with Gasteiger partial charge >= 0.3 is 5.97 Å². The van der Waals surface area contributed by atoms with E-state index in [9.17, 15) is 14.3 Å². The van der Waals surface area contributed by atoms with E-state index < -0.39 is 18.0 Å². The number of thioether (sulfide) groups is 1. The van der Waals surface area contributed by atoms with Crippen LogP contribution >= 0.6 is 34.7 Å². The molecule has 3 unspecified atom stereocenters. The molecule has 2 aliphatic rings. The van der Waals surface area contributed by atoms with Crippen LogP contribution in [0.4, 0.5) is 4.39 Å². The first-order valence-corrected chi connectivity index (χ1v) is 16.1. The molecule has 11 heteroatoms. The second kappa shape index (κ2) is 15.6. The summed E-state index contributed by atoms with van der Waals surface area (Å²) in [6, 6.07) is 2.04. The van der Waals surface area contributed by atoms with Crippen molar-refractivity contribution in [3.8, 4) is 0 Å². The third-order valence-corrected chi connectivity index (χ3v) is 10.6. The number of hydrogen-bond acceptors (Lipinski definition) is 9. The summed E-state index contributed by atoms with van der Waals surface area (Å²) in [5, 5.41) is 11.4. The lowest BCUT2D eigenvalue weighted by molar-refractivity contribution is 0.0196. The van der Waals surface area contributed by atoms with Crippen molar-refractivity contribution >= 4 is 40.7 Å². The van der Waals surface area contributed by atoms with E-state index in [0.717, 1.165) is 79.8 Å². The Morgan fingerprint density at radius 1 is 1.33 bits per heavy atom. The van der Waals surface area contributed by atoms with Crippen molar-refractivity contribution < 1.29 is 23.8 Å². The van der Waals surface area contributed by atoms with Gasteiger partial charge in [0.15, 0.2) is 4.88 Å². The van der Waals surface area contributed by atoms with Gasteiger partial charge in [0, 0.05) is 47.6 Å². The maximum atomic E-state index is 14.4. The molecule has 1 aliphatic carbocycles. The molecule has 1 aliphatic heterocycles. The van der Waals surface area contributed by atoms with Crippen molar-refractivity contribution in [3.63, 3.8) is 0 Å². The van der Waals surface area contributed by atoms with Crippen LogP contribution in [0.3, 0.4) is 0 Å². The molecule has 39 heavy (non-hydrogen) atoms. The number of rotatable bonds is 14. The predicted octanol–water partition coefficient (Wildman–Crippen LogP) is 5.89. The van der Waals surface area contributed by atoms with Crippen LogP contribution in [0.15, 0.2) is 23.4 Å². The summed E-state index contributed by atoms with van der Waals surface area (Å²) in [5.74, 6) is -0.951. The molecule has 0 amide bonds. The van der Waals surface area contributed by atoms with Crippen molar-refractivity contribution in [2.45, 2.75) is 79.9 Å². The zero-order valence-electron chi connectivity index (χ0n) is 22.5. The minimum Gasteiger partial charge on any atom is -0.460 e. The van der Waals surface area contributed by atoms with Gasteiger partial charge in [-0.2, -0.15) is 4.39 Å². The number of aliphatic hydroxyl groups is 1. The first-order valence-electron chi connectivity index (χ1n) is 14.0. The number of aromatic nitrogens is 2. The normalized spacial score (nSPS) is 22.7. The summed E-state index contributed by atoms with van der Waals surface area (Å²) >= 11 is 9.57. The zero-order valence-corrected chi connectivity index (χ0v) is 24.9. The minimum atomic E-state index is -0.741. The highest BCUT2D eigenvalue weighted by molar-refractivity contribution is 8.00. The monoisotopic (exact) mass is 599 g/mol. The number of esters is 1. The zero-order chi connectivity index (χ0) is 27.6. The van der Waals surface area contributed by atoms with Gasteiger partial charge in [0.25, 0.3) is 0 Å². The number of aliphatic hydroxyl groups excluding tert-OH is 1. The molecule has 0 radical (unpaired) electrons. The molecule has 0 aromatic carbocycles. The molecule has 2 fully saturated rings. The fourth-order valence-electron chi connectivity index (χ4n) is 5.13. The lowest BCUT2D eigenvalue weighted by Gasteiger charge is -2.26. The van der Waals surface area contributed by atoms with Crippen molar-refractivity contribution in [2.24, 2.45) is 5.92 Å². The number of thiazole rings is 1. The van der Waals surface area contributed by atoms with Crippen LogP contribution in [-0.4, -0.2) is 76.0 Å². The molecule has 4 atom stereocenters. The van der Waals surface area contributed by atoms with E-state index in [1.807, 2.05) is 12.3 Å². The van der Waals surface area contributed by atoms with Gasteiger partial charge in [-0.3, -0.25) is 9.88 Å². The Morgan fingerprint density at radius 3 is 2.95 bits per heavy atom. The highest BCUT2D eigenvalue weighted by Gasteiger charge is 2.35. The Balaban J connectivity index is 1.24. The number of nitrogens with zero attached hydrogens (tertiary/aromatic N) is 3. The average molecular weight is 600 g/mol. The summed E-state index contributed by atoms with van der Waals surface area (Å²) < 4.78 is 25.0. The van der Waals surface area contributed by atoms with Crippen molar-refractivity contribution in [1.29, 1.82) is 0 Å². The number of carbonyl (C=O) groups is 1. The number of ether oxygens (including phenoxy) is 2. The van der Waals surface area contributed by atoms with Gasteiger partial charge in [0.1, 0.15) is 6.61 Å². The Hall–Kier alpha value is -1.30. The van der Waals surface area contributed by atoms with Gasteiger partial charge in [-0.05, 0) is 56.1 Å². The summed E-state index contributed by atoms with van der Waals surface area (Å²) in [4.78, 5) is 23.9. The lowest BCUT2D eigenvalue weighted by Crippen LogP contribution is -2.38. The van der Waals surface area contributed by atoms with Gasteiger partial charge in [-0.15, -0.1) is 34.7 Å². The van der Waals surface area contributed by atoms with Crippen LogP contribution in [0, 0.1) is 11.9 Å². The van der Waals surface area contributed by atoms with Crippen LogP contribution in [0.1, 0.15) is 78.2 Å². The first-order chi connectivity index (χ1) is 18.9. The highest BCUT2D eigenvalue weighted by Crippen LogP contribution is 2.44.